The van der Waals surface area contributed by atoms with Crippen LogP contribution in [-0.2, 0) is 6.54 Å². The molecule has 27 heavy (non-hydrogen) atoms. The van der Waals surface area contributed by atoms with Gasteiger partial charge in [0.05, 0.1) is 6.61 Å². The average Bonchev–Trinajstić information content (AvgIpc) is 2.69. The van der Waals surface area contributed by atoms with Gasteiger partial charge in [-0.05, 0) is 61.0 Å². The topological polar surface area (TPSA) is 63.2 Å². The number of aromatic nitrogens is 1. The molecule has 3 rings (SSSR count). The fourth-order valence-corrected chi connectivity index (χ4v) is 2.47. The van der Waals surface area contributed by atoms with Crippen LogP contribution in [0.4, 0.5) is 15.9 Å². The third-order valence-corrected chi connectivity index (χ3v) is 3.83. The highest BCUT2D eigenvalue weighted by atomic mass is 19.1. The zero-order chi connectivity index (χ0) is 19.1. The number of anilines is 2. The molecular formula is C21H20FN3O2. The van der Waals surface area contributed by atoms with Gasteiger partial charge in [-0.1, -0.05) is 12.1 Å². The van der Waals surface area contributed by atoms with Crippen LogP contribution in [0.1, 0.15) is 22.8 Å². The standard InChI is InChI=1S/C21H20FN3O2/c1-2-27-19-9-7-18(8-10-19)25-21(26)16-11-12-23-20(13-16)24-14-15-3-5-17(22)6-4-15/h3-13H,2,14H2,1H3,(H,23,24)(H,25,26). The summed E-state index contributed by atoms with van der Waals surface area (Å²) in [5.74, 6) is 0.821. The van der Waals surface area contributed by atoms with E-state index in [1.807, 2.05) is 6.92 Å². The van der Waals surface area contributed by atoms with Gasteiger partial charge < -0.3 is 15.4 Å². The van der Waals surface area contributed by atoms with Crippen molar-refractivity contribution in [3.63, 3.8) is 0 Å². The van der Waals surface area contributed by atoms with E-state index in [0.717, 1.165) is 11.3 Å². The van der Waals surface area contributed by atoms with Gasteiger partial charge in [0.25, 0.3) is 5.91 Å². The molecule has 0 saturated heterocycles. The molecule has 2 N–H and O–H groups in total. The molecule has 0 aliphatic carbocycles. The van der Waals surface area contributed by atoms with Crippen molar-refractivity contribution in [1.29, 1.82) is 0 Å². The molecule has 3 aromatic rings. The smallest absolute Gasteiger partial charge is 0.255 e. The lowest BCUT2D eigenvalue weighted by molar-refractivity contribution is 0.102. The van der Waals surface area contributed by atoms with Crippen molar-refractivity contribution in [2.24, 2.45) is 0 Å². The normalized spacial score (nSPS) is 10.3. The van der Waals surface area contributed by atoms with Crippen molar-refractivity contribution in [2.75, 3.05) is 17.2 Å². The summed E-state index contributed by atoms with van der Waals surface area (Å²) in [5, 5.41) is 5.97. The largest absolute Gasteiger partial charge is 0.494 e. The van der Waals surface area contributed by atoms with Crippen molar-refractivity contribution in [1.82, 2.24) is 4.98 Å². The van der Waals surface area contributed by atoms with Crippen molar-refractivity contribution >= 4 is 17.4 Å². The molecule has 0 radical (unpaired) electrons. The van der Waals surface area contributed by atoms with Crippen molar-refractivity contribution < 1.29 is 13.9 Å². The van der Waals surface area contributed by atoms with E-state index in [0.29, 0.717) is 30.2 Å². The molecule has 0 aliphatic heterocycles. The number of hydrogen-bond donors (Lipinski definition) is 2. The molecule has 6 heteroatoms. The summed E-state index contributed by atoms with van der Waals surface area (Å²) < 4.78 is 18.3. The fourth-order valence-electron chi connectivity index (χ4n) is 2.47. The maximum atomic E-state index is 12.9. The molecule has 2 aromatic carbocycles. The highest BCUT2D eigenvalue weighted by molar-refractivity contribution is 6.04. The number of carbonyl (C=O) groups is 1. The van der Waals surface area contributed by atoms with Crippen LogP contribution in [0.15, 0.2) is 66.9 Å². The Morgan fingerprint density at radius 1 is 1.07 bits per heavy atom. The van der Waals surface area contributed by atoms with E-state index in [4.69, 9.17) is 4.74 Å². The maximum Gasteiger partial charge on any atom is 0.255 e. The minimum Gasteiger partial charge on any atom is -0.494 e. The first-order valence-electron chi connectivity index (χ1n) is 8.62. The third-order valence-electron chi connectivity index (χ3n) is 3.83. The first-order chi connectivity index (χ1) is 13.1. The Morgan fingerprint density at radius 3 is 2.52 bits per heavy atom. The van der Waals surface area contributed by atoms with Crippen LogP contribution in [0, 0.1) is 5.82 Å². The number of rotatable bonds is 7. The molecular weight excluding hydrogens is 345 g/mol. The predicted molar refractivity (Wildman–Crippen MR) is 104 cm³/mol. The number of nitrogens with one attached hydrogen (secondary N) is 2. The number of ether oxygens (including phenoxy) is 1. The van der Waals surface area contributed by atoms with Gasteiger partial charge in [0.2, 0.25) is 0 Å². The molecule has 1 aromatic heterocycles. The molecule has 5 nitrogen and oxygen atoms in total. The lowest BCUT2D eigenvalue weighted by atomic mass is 10.2. The second kappa shape index (κ2) is 8.80. The van der Waals surface area contributed by atoms with Gasteiger partial charge in [-0.3, -0.25) is 4.79 Å². The Balaban J connectivity index is 1.61. The number of pyridine rings is 1. The summed E-state index contributed by atoms with van der Waals surface area (Å²) in [7, 11) is 0. The van der Waals surface area contributed by atoms with E-state index < -0.39 is 0 Å². The van der Waals surface area contributed by atoms with Crippen LogP contribution in [0.3, 0.4) is 0 Å². The fraction of sp³-hybridized carbons (Fsp3) is 0.143. The number of carbonyl (C=O) groups excluding carboxylic acids is 1. The monoisotopic (exact) mass is 365 g/mol. The zero-order valence-corrected chi connectivity index (χ0v) is 14.9. The second-order valence-electron chi connectivity index (χ2n) is 5.82. The summed E-state index contributed by atoms with van der Waals surface area (Å²) >= 11 is 0. The van der Waals surface area contributed by atoms with Crippen molar-refractivity contribution in [3.8, 4) is 5.75 Å². The summed E-state index contributed by atoms with van der Waals surface area (Å²) in [6.07, 6.45) is 1.57. The number of nitrogens with zero attached hydrogens (tertiary/aromatic N) is 1. The molecule has 1 heterocycles. The summed E-state index contributed by atoms with van der Waals surface area (Å²) in [4.78, 5) is 16.7. The molecule has 138 valence electrons. The first kappa shape index (κ1) is 18.4. The summed E-state index contributed by atoms with van der Waals surface area (Å²) in [5.41, 5.74) is 2.09. The lowest BCUT2D eigenvalue weighted by Gasteiger charge is -2.09. The predicted octanol–water partition coefficient (Wildman–Crippen LogP) is 4.48. The van der Waals surface area contributed by atoms with Crippen LogP contribution in [0.2, 0.25) is 0 Å². The zero-order valence-electron chi connectivity index (χ0n) is 14.9. The van der Waals surface area contributed by atoms with Gasteiger partial charge in [0, 0.05) is 24.0 Å². The van der Waals surface area contributed by atoms with Crippen LogP contribution >= 0.6 is 0 Å². The average molecular weight is 365 g/mol. The van der Waals surface area contributed by atoms with E-state index in [2.05, 4.69) is 15.6 Å². The summed E-state index contributed by atoms with van der Waals surface area (Å²) in [6.45, 7) is 2.99. The Kier molecular flexibility index (Phi) is 5.99. The second-order valence-corrected chi connectivity index (χ2v) is 5.82. The van der Waals surface area contributed by atoms with E-state index in [1.54, 1.807) is 54.7 Å². The van der Waals surface area contributed by atoms with Gasteiger partial charge >= 0.3 is 0 Å². The van der Waals surface area contributed by atoms with Gasteiger partial charge in [-0.25, -0.2) is 9.37 Å². The number of halogens is 1. The third kappa shape index (κ3) is 5.28. The van der Waals surface area contributed by atoms with Gasteiger partial charge in [-0.15, -0.1) is 0 Å². The SMILES string of the molecule is CCOc1ccc(NC(=O)c2ccnc(NCc3ccc(F)cc3)c2)cc1. The molecule has 1 amide bonds. The van der Waals surface area contributed by atoms with Crippen LogP contribution < -0.4 is 15.4 Å². The quantitative estimate of drug-likeness (QED) is 0.648. The number of benzene rings is 2. The van der Waals surface area contributed by atoms with Crippen LogP contribution in [0.5, 0.6) is 5.75 Å². The highest BCUT2D eigenvalue weighted by Crippen LogP contribution is 2.17. The van der Waals surface area contributed by atoms with Crippen molar-refractivity contribution in [2.45, 2.75) is 13.5 Å². The lowest BCUT2D eigenvalue weighted by Crippen LogP contribution is -2.12. The van der Waals surface area contributed by atoms with E-state index in [-0.39, 0.29) is 11.7 Å². The Morgan fingerprint density at radius 2 is 1.81 bits per heavy atom. The van der Waals surface area contributed by atoms with Crippen molar-refractivity contribution in [3.05, 3.63) is 83.8 Å². The molecule has 0 bridgehead atoms. The minimum atomic E-state index is -0.273. The molecule has 0 aliphatic rings. The highest BCUT2D eigenvalue weighted by Gasteiger charge is 2.08. The maximum absolute atomic E-state index is 12.9. The van der Waals surface area contributed by atoms with Crippen LogP contribution in [0.25, 0.3) is 0 Å². The van der Waals surface area contributed by atoms with Gasteiger partial charge in [0.15, 0.2) is 0 Å². The molecule has 0 spiro atoms. The van der Waals surface area contributed by atoms with E-state index in [1.165, 1.54) is 12.1 Å². The minimum absolute atomic E-state index is 0.230. The van der Waals surface area contributed by atoms with Gasteiger partial charge in [0.1, 0.15) is 17.4 Å². The van der Waals surface area contributed by atoms with E-state index >= 15 is 0 Å². The van der Waals surface area contributed by atoms with Gasteiger partial charge in [-0.2, -0.15) is 0 Å². The van der Waals surface area contributed by atoms with Crippen LogP contribution in [-0.4, -0.2) is 17.5 Å². The number of amides is 1. The number of hydrogen-bond acceptors (Lipinski definition) is 4. The Hall–Kier alpha value is -3.41. The summed E-state index contributed by atoms with van der Waals surface area (Å²) in [6, 6.07) is 16.7. The molecule has 0 unspecified atom stereocenters. The Labute approximate surface area is 157 Å². The first-order valence-corrected chi connectivity index (χ1v) is 8.62. The Bertz CT molecular complexity index is 896. The van der Waals surface area contributed by atoms with E-state index in [9.17, 15) is 9.18 Å². The molecule has 0 fully saturated rings. The molecule has 0 atom stereocenters. The molecule has 0 saturated carbocycles.